The third-order valence-electron chi connectivity index (χ3n) is 2.44. The molecule has 0 spiro atoms. The van der Waals surface area contributed by atoms with Crippen molar-refractivity contribution in [2.45, 2.75) is 26.0 Å². The van der Waals surface area contributed by atoms with E-state index in [1.165, 1.54) is 0 Å². The highest BCUT2D eigenvalue weighted by Gasteiger charge is 2.36. The first-order valence-electron chi connectivity index (χ1n) is 4.29. The van der Waals surface area contributed by atoms with Crippen LogP contribution >= 0.6 is 0 Å². The molecule has 1 aliphatic rings. The number of quaternary nitrogens is 1. The van der Waals surface area contributed by atoms with Crippen LogP contribution in [0.4, 0.5) is 0 Å². The fourth-order valence-corrected chi connectivity index (χ4v) is 1.55. The Hall–Kier alpha value is -0.120. The van der Waals surface area contributed by atoms with Crippen molar-refractivity contribution in [3.8, 4) is 0 Å². The van der Waals surface area contributed by atoms with E-state index in [-0.39, 0.29) is 6.23 Å². The SMILES string of the molecule is CCOC[N+]1(C)CCCC1O. The molecule has 11 heavy (non-hydrogen) atoms. The number of likely N-dealkylation sites (tertiary alicyclic amines) is 1. The van der Waals surface area contributed by atoms with Crippen molar-refractivity contribution in [1.29, 1.82) is 0 Å². The van der Waals surface area contributed by atoms with Crippen LogP contribution in [0.15, 0.2) is 0 Å². The molecule has 2 atom stereocenters. The Bertz CT molecular complexity index is 129. The smallest absolute Gasteiger partial charge is 0.192 e. The summed E-state index contributed by atoms with van der Waals surface area (Å²) in [7, 11) is 2.05. The van der Waals surface area contributed by atoms with Gasteiger partial charge in [0.2, 0.25) is 0 Å². The Balaban J connectivity index is 2.38. The van der Waals surface area contributed by atoms with Crippen LogP contribution < -0.4 is 0 Å². The molecule has 1 rings (SSSR count). The second-order valence-electron chi connectivity index (χ2n) is 3.45. The van der Waals surface area contributed by atoms with Gasteiger partial charge in [-0.1, -0.05) is 0 Å². The quantitative estimate of drug-likeness (QED) is 0.611. The molecular weight excluding hydrogens is 142 g/mol. The fourth-order valence-electron chi connectivity index (χ4n) is 1.55. The molecule has 1 N–H and O–H groups in total. The first kappa shape index (κ1) is 8.97. The number of hydrogen-bond acceptors (Lipinski definition) is 2. The van der Waals surface area contributed by atoms with Crippen LogP contribution in [-0.2, 0) is 4.74 Å². The highest BCUT2D eigenvalue weighted by atomic mass is 16.5. The van der Waals surface area contributed by atoms with Gasteiger partial charge in [-0.15, -0.1) is 0 Å². The van der Waals surface area contributed by atoms with Gasteiger partial charge >= 0.3 is 0 Å². The van der Waals surface area contributed by atoms with Crippen LogP contribution in [0, 0.1) is 0 Å². The molecule has 0 amide bonds. The lowest BCUT2D eigenvalue weighted by molar-refractivity contribution is -0.958. The third-order valence-corrected chi connectivity index (χ3v) is 2.44. The minimum absolute atomic E-state index is 0.207. The van der Waals surface area contributed by atoms with E-state index in [0.29, 0.717) is 11.2 Å². The molecule has 2 unspecified atom stereocenters. The van der Waals surface area contributed by atoms with Crippen molar-refractivity contribution in [3.05, 3.63) is 0 Å². The Morgan fingerprint density at radius 1 is 1.64 bits per heavy atom. The number of rotatable bonds is 3. The van der Waals surface area contributed by atoms with Crippen molar-refractivity contribution >= 4 is 0 Å². The lowest BCUT2D eigenvalue weighted by atomic mass is 10.4. The molecule has 1 aliphatic heterocycles. The predicted molar refractivity (Wildman–Crippen MR) is 42.8 cm³/mol. The molecule has 3 heteroatoms. The number of aliphatic hydroxyl groups excluding tert-OH is 1. The summed E-state index contributed by atoms with van der Waals surface area (Å²) in [5.41, 5.74) is 0. The molecular formula is C8H18NO2+. The van der Waals surface area contributed by atoms with Crippen LogP contribution in [0.2, 0.25) is 0 Å². The number of ether oxygens (including phenoxy) is 1. The van der Waals surface area contributed by atoms with Crippen LogP contribution in [0.5, 0.6) is 0 Å². The van der Waals surface area contributed by atoms with Gasteiger partial charge in [-0.2, -0.15) is 0 Å². The molecule has 0 aromatic rings. The number of aliphatic hydroxyl groups is 1. The minimum atomic E-state index is -0.207. The summed E-state index contributed by atoms with van der Waals surface area (Å²) in [6, 6.07) is 0. The molecule has 1 fully saturated rings. The Kier molecular flexibility index (Phi) is 2.87. The van der Waals surface area contributed by atoms with Gasteiger partial charge < -0.3 is 9.84 Å². The van der Waals surface area contributed by atoms with Gasteiger partial charge in [-0.25, -0.2) is 0 Å². The molecule has 0 aromatic carbocycles. The van der Waals surface area contributed by atoms with E-state index in [9.17, 15) is 5.11 Å². The van der Waals surface area contributed by atoms with Crippen molar-refractivity contribution in [3.63, 3.8) is 0 Å². The van der Waals surface area contributed by atoms with Crippen molar-refractivity contribution in [2.24, 2.45) is 0 Å². The van der Waals surface area contributed by atoms with Crippen LogP contribution in [-0.4, -0.2) is 42.7 Å². The number of hydrogen-bond donors (Lipinski definition) is 1. The Labute approximate surface area is 68.2 Å². The van der Waals surface area contributed by atoms with Crippen molar-refractivity contribution < 1.29 is 14.3 Å². The lowest BCUT2D eigenvalue weighted by Gasteiger charge is -2.31. The summed E-state index contributed by atoms with van der Waals surface area (Å²) in [6.07, 6.45) is 1.83. The zero-order valence-electron chi connectivity index (χ0n) is 7.42. The van der Waals surface area contributed by atoms with E-state index in [0.717, 1.165) is 26.0 Å². The summed E-state index contributed by atoms with van der Waals surface area (Å²) in [5, 5.41) is 9.57. The molecule has 0 saturated carbocycles. The van der Waals surface area contributed by atoms with E-state index < -0.39 is 0 Å². The molecule has 66 valence electrons. The zero-order chi connectivity index (χ0) is 8.32. The zero-order valence-corrected chi connectivity index (χ0v) is 7.42. The maximum atomic E-state index is 9.57. The van der Waals surface area contributed by atoms with Crippen LogP contribution in [0.3, 0.4) is 0 Å². The average molecular weight is 160 g/mol. The Morgan fingerprint density at radius 3 is 2.82 bits per heavy atom. The summed E-state index contributed by atoms with van der Waals surface area (Å²) >= 11 is 0. The molecule has 3 nitrogen and oxygen atoms in total. The normalized spacial score (nSPS) is 37.9. The summed E-state index contributed by atoms with van der Waals surface area (Å²) < 4.78 is 5.98. The third kappa shape index (κ3) is 1.92. The Morgan fingerprint density at radius 2 is 2.36 bits per heavy atom. The molecule has 0 aliphatic carbocycles. The van der Waals surface area contributed by atoms with Gasteiger partial charge in [0.25, 0.3) is 0 Å². The maximum Gasteiger partial charge on any atom is 0.192 e. The van der Waals surface area contributed by atoms with Crippen LogP contribution in [0.1, 0.15) is 19.8 Å². The topological polar surface area (TPSA) is 29.5 Å². The van der Waals surface area contributed by atoms with Gasteiger partial charge in [0.1, 0.15) is 0 Å². The van der Waals surface area contributed by atoms with Gasteiger partial charge in [0, 0.05) is 19.4 Å². The van der Waals surface area contributed by atoms with E-state index >= 15 is 0 Å². The first-order chi connectivity index (χ1) is 5.19. The second-order valence-corrected chi connectivity index (χ2v) is 3.45. The fraction of sp³-hybridized carbons (Fsp3) is 1.00. The monoisotopic (exact) mass is 160 g/mol. The number of nitrogens with zero attached hydrogens (tertiary/aromatic N) is 1. The standard InChI is InChI=1S/C8H18NO2/c1-3-11-7-9(2)6-4-5-8(9)10/h8,10H,3-7H2,1-2H3/q+1. The molecule has 1 heterocycles. The predicted octanol–water partition coefficient (Wildman–Crippen LogP) is 0.539. The van der Waals surface area contributed by atoms with Gasteiger partial charge in [-0.05, 0) is 6.92 Å². The molecule has 0 radical (unpaired) electrons. The largest absolute Gasteiger partial charge is 0.345 e. The minimum Gasteiger partial charge on any atom is -0.345 e. The van der Waals surface area contributed by atoms with Gasteiger partial charge in [-0.3, -0.25) is 4.48 Å². The summed E-state index contributed by atoms with van der Waals surface area (Å²) in [4.78, 5) is 0. The van der Waals surface area contributed by atoms with E-state index in [1.54, 1.807) is 0 Å². The highest BCUT2D eigenvalue weighted by molar-refractivity contribution is 4.53. The van der Waals surface area contributed by atoms with E-state index in [2.05, 4.69) is 0 Å². The summed E-state index contributed by atoms with van der Waals surface area (Å²) in [5.74, 6) is 0. The average Bonchev–Trinajstić information content (AvgIpc) is 2.30. The van der Waals surface area contributed by atoms with Crippen molar-refractivity contribution in [1.82, 2.24) is 0 Å². The second kappa shape index (κ2) is 3.52. The van der Waals surface area contributed by atoms with E-state index in [1.807, 2.05) is 14.0 Å². The lowest BCUT2D eigenvalue weighted by Crippen LogP contribution is -2.49. The molecule has 0 bridgehead atoms. The maximum absolute atomic E-state index is 9.57. The van der Waals surface area contributed by atoms with Crippen LogP contribution in [0.25, 0.3) is 0 Å². The molecule has 1 saturated heterocycles. The van der Waals surface area contributed by atoms with Gasteiger partial charge in [0.15, 0.2) is 13.0 Å². The van der Waals surface area contributed by atoms with E-state index in [4.69, 9.17) is 4.74 Å². The highest BCUT2D eigenvalue weighted by Crippen LogP contribution is 2.22. The first-order valence-corrected chi connectivity index (χ1v) is 4.29. The van der Waals surface area contributed by atoms with Gasteiger partial charge in [0.05, 0.1) is 13.6 Å². The van der Waals surface area contributed by atoms with Crippen molar-refractivity contribution in [2.75, 3.05) is 26.9 Å². The molecule has 0 aromatic heterocycles. The summed E-state index contributed by atoms with van der Waals surface area (Å²) in [6.45, 7) is 4.41.